The molecule has 3 nitrogen and oxygen atoms in total. The highest BCUT2D eigenvalue weighted by atomic mass is 19.4. The molecule has 0 heterocycles. The van der Waals surface area contributed by atoms with Crippen LogP contribution < -0.4 is 10.1 Å². The van der Waals surface area contributed by atoms with E-state index in [4.69, 9.17) is 4.74 Å². The van der Waals surface area contributed by atoms with E-state index in [2.05, 4.69) is 10.1 Å². The Hall–Kier alpha value is -1.27. The van der Waals surface area contributed by atoms with E-state index in [-0.39, 0.29) is 11.9 Å². The SMILES string of the molecule is CC(C)OCCCNCc1cccc(OC(F)(F)F)c1. The first kappa shape index (κ1) is 16.8. The van der Waals surface area contributed by atoms with E-state index in [0.717, 1.165) is 18.5 Å². The molecular weight excluding hydrogens is 271 g/mol. The molecule has 0 unspecified atom stereocenters. The lowest BCUT2D eigenvalue weighted by Crippen LogP contribution is -2.18. The van der Waals surface area contributed by atoms with Crippen LogP contribution in [0.2, 0.25) is 0 Å². The second-order valence-electron chi connectivity index (χ2n) is 4.65. The molecule has 0 aliphatic rings. The van der Waals surface area contributed by atoms with Gasteiger partial charge in [-0.2, -0.15) is 0 Å². The van der Waals surface area contributed by atoms with Gasteiger partial charge in [-0.1, -0.05) is 12.1 Å². The monoisotopic (exact) mass is 291 g/mol. The Bertz CT molecular complexity index is 394. The number of alkyl halides is 3. The van der Waals surface area contributed by atoms with Crippen LogP contribution in [0.1, 0.15) is 25.8 Å². The smallest absolute Gasteiger partial charge is 0.406 e. The molecule has 0 bridgehead atoms. The third-order valence-electron chi connectivity index (χ3n) is 2.41. The summed E-state index contributed by atoms with van der Waals surface area (Å²) < 4.78 is 45.5. The highest BCUT2D eigenvalue weighted by Crippen LogP contribution is 2.23. The van der Waals surface area contributed by atoms with Gasteiger partial charge in [0, 0.05) is 13.2 Å². The van der Waals surface area contributed by atoms with E-state index in [0.29, 0.717) is 13.2 Å². The molecule has 0 aromatic heterocycles. The molecule has 0 aliphatic carbocycles. The van der Waals surface area contributed by atoms with Crippen LogP contribution in [0.3, 0.4) is 0 Å². The van der Waals surface area contributed by atoms with Gasteiger partial charge in [0.2, 0.25) is 0 Å². The molecule has 114 valence electrons. The minimum Gasteiger partial charge on any atom is -0.406 e. The quantitative estimate of drug-likeness (QED) is 0.744. The fraction of sp³-hybridized carbons (Fsp3) is 0.571. The molecule has 0 spiro atoms. The van der Waals surface area contributed by atoms with E-state index in [1.807, 2.05) is 13.8 Å². The normalized spacial score (nSPS) is 11.9. The number of hydrogen-bond acceptors (Lipinski definition) is 3. The second-order valence-corrected chi connectivity index (χ2v) is 4.65. The Labute approximate surface area is 117 Å². The molecule has 0 amide bonds. The molecule has 0 saturated carbocycles. The molecular formula is C14H20F3NO2. The average Bonchev–Trinajstić information content (AvgIpc) is 2.31. The Morgan fingerprint density at radius 2 is 2.00 bits per heavy atom. The second kappa shape index (κ2) is 8.11. The van der Waals surface area contributed by atoms with Gasteiger partial charge in [-0.3, -0.25) is 0 Å². The third kappa shape index (κ3) is 8.01. The Morgan fingerprint density at radius 1 is 1.25 bits per heavy atom. The number of benzene rings is 1. The number of nitrogens with one attached hydrogen (secondary N) is 1. The Kier molecular flexibility index (Phi) is 6.81. The molecule has 0 saturated heterocycles. The highest BCUT2D eigenvalue weighted by molar-refractivity contribution is 5.28. The third-order valence-corrected chi connectivity index (χ3v) is 2.41. The summed E-state index contributed by atoms with van der Waals surface area (Å²) in [7, 11) is 0. The van der Waals surface area contributed by atoms with Gasteiger partial charge >= 0.3 is 6.36 Å². The molecule has 6 heteroatoms. The van der Waals surface area contributed by atoms with Gasteiger partial charge in [-0.15, -0.1) is 13.2 Å². The molecule has 1 N–H and O–H groups in total. The van der Waals surface area contributed by atoms with Gasteiger partial charge in [-0.05, 0) is 44.5 Å². The highest BCUT2D eigenvalue weighted by Gasteiger charge is 2.31. The molecule has 1 aromatic rings. The van der Waals surface area contributed by atoms with Crippen molar-refractivity contribution < 1.29 is 22.6 Å². The van der Waals surface area contributed by atoms with Gasteiger partial charge in [-0.25, -0.2) is 0 Å². The molecule has 1 aromatic carbocycles. The maximum Gasteiger partial charge on any atom is 0.573 e. The fourth-order valence-electron chi connectivity index (χ4n) is 1.60. The first-order chi connectivity index (χ1) is 9.37. The van der Waals surface area contributed by atoms with Gasteiger partial charge in [0.25, 0.3) is 0 Å². The predicted octanol–water partition coefficient (Wildman–Crippen LogP) is 3.49. The zero-order chi connectivity index (χ0) is 15.0. The van der Waals surface area contributed by atoms with Crippen molar-refractivity contribution in [1.82, 2.24) is 5.32 Å². The van der Waals surface area contributed by atoms with Gasteiger partial charge in [0.15, 0.2) is 0 Å². The molecule has 0 fully saturated rings. The molecule has 0 aliphatic heterocycles. The Morgan fingerprint density at radius 3 is 2.65 bits per heavy atom. The summed E-state index contributed by atoms with van der Waals surface area (Å²) in [5.41, 5.74) is 0.747. The van der Waals surface area contributed by atoms with Crippen LogP contribution in [-0.4, -0.2) is 25.6 Å². The zero-order valence-corrected chi connectivity index (χ0v) is 11.7. The minimum absolute atomic E-state index is 0.194. The van der Waals surface area contributed by atoms with E-state index in [1.54, 1.807) is 12.1 Å². The zero-order valence-electron chi connectivity index (χ0n) is 11.7. The van der Waals surface area contributed by atoms with E-state index >= 15 is 0 Å². The molecule has 0 atom stereocenters. The first-order valence-electron chi connectivity index (χ1n) is 6.54. The van der Waals surface area contributed by atoms with Crippen molar-refractivity contribution in [2.75, 3.05) is 13.2 Å². The summed E-state index contributed by atoms with van der Waals surface area (Å²) in [6.07, 6.45) is -3.58. The van der Waals surface area contributed by atoms with Crippen molar-refractivity contribution in [3.05, 3.63) is 29.8 Å². The van der Waals surface area contributed by atoms with E-state index < -0.39 is 6.36 Å². The lowest BCUT2D eigenvalue weighted by Gasteiger charge is -2.11. The van der Waals surface area contributed by atoms with Crippen molar-refractivity contribution in [3.63, 3.8) is 0 Å². The van der Waals surface area contributed by atoms with Crippen LogP contribution in [-0.2, 0) is 11.3 Å². The van der Waals surface area contributed by atoms with Crippen LogP contribution in [0.25, 0.3) is 0 Å². The largest absolute Gasteiger partial charge is 0.573 e. The summed E-state index contributed by atoms with van der Waals surface area (Å²) in [6.45, 7) is 5.86. The fourth-order valence-corrected chi connectivity index (χ4v) is 1.60. The maximum atomic E-state index is 12.1. The van der Waals surface area contributed by atoms with Gasteiger partial charge in [0.05, 0.1) is 6.10 Å². The lowest BCUT2D eigenvalue weighted by molar-refractivity contribution is -0.274. The number of rotatable bonds is 8. The van der Waals surface area contributed by atoms with Gasteiger partial charge < -0.3 is 14.8 Å². The number of hydrogen-bond donors (Lipinski definition) is 1. The van der Waals surface area contributed by atoms with Crippen LogP contribution >= 0.6 is 0 Å². The van der Waals surface area contributed by atoms with Crippen LogP contribution in [0.4, 0.5) is 13.2 Å². The summed E-state index contributed by atoms with van der Waals surface area (Å²) in [6, 6.07) is 5.96. The van der Waals surface area contributed by atoms with Crippen LogP contribution in [0.15, 0.2) is 24.3 Å². The van der Waals surface area contributed by atoms with E-state index in [1.165, 1.54) is 12.1 Å². The summed E-state index contributed by atoms with van der Waals surface area (Å²) in [5, 5.41) is 3.15. The van der Waals surface area contributed by atoms with E-state index in [9.17, 15) is 13.2 Å². The topological polar surface area (TPSA) is 30.5 Å². The number of halogens is 3. The summed E-state index contributed by atoms with van der Waals surface area (Å²) >= 11 is 0. The average molecular weight is 291 g/mol. The van der Waals surface area contributed by atoms with Crippen molar-refractivity contribution in [3.8, 4) is 5.75 Å². The molecule has 1 rings (SSSR count). The first-order valence-corrected chi connectivity index (χ1v) is 6.54. The van der Waals surface area contributed by atoms with Crippen molar-refractivity contribution in [1.29, 1.82) is 0 Å². The minimum atomic E-state index is -4.65. The van der Waals surface area contributed by atoms with Crippen molar-refractivity contribution in [2.24, 2.45) is 0 Å². The summed E-state index contributed by atoms with van der Waals surface area (Å²) in [4.78, 5) is 0. The maximum absolute atomic E-state index is 12.1. The standard InChI is InChI=1S/C14H20F3NO2/c1-11(2)19-8-4-7-18-10-12-5-3-6-13(9-12)20-14(15,16)17/h3,5-6,9,11,18H,4,7-8,10H2,1-2H3. The van der Waals surface area contributed by atoms with Crippen molar-refractivity contribution >= 4 is 0 Å². The van der Waals surface area contributed by atoms with Crippen LogP contribution in [0, 0.1) is 0 Å². The molecule has 0 radical (unpaired) electrons. The summed E-state index contributed by atoms with van der Waals surface area (Å²) in [5.74, 6) is -0.194. The van der Waals surface area contributed by atoms with Crippen LogP contribution in [0.5, 0.6) is 5.75 Å². The number of ether oxygens (including phenoxy) is 2. The Balaban J connectivity index is 2.28. The van der Waals surface area contributed by atoms with Crippen molar-refractivity contribution in [2.45, 2.75) is 39.3 Å². The lowest BCUT2D eigenvalue weighted by atomic mass is 10.2. The molecule has 20 heavy (non-hydrogen) atoms. The predicted molar refractivity (Wildman–Crippen MR) is 70.5 cm³/mol. The van der Waals surface area contributed by atoms with Gasteiger partial charge in [0.1, 0.15) is 5.75 Å².